The van der Waals surface area contributed by atoms with E-state index in [0.717, 1.165) is 32.6 Å². The number of rotatable bonds is 6. The first-order valence-corrected chi connectivity index (χ1v) is 7.00. The van der Waals surface area contributed by atoms with Gasteiger partial charge in [0.15, 0.2) is 0 Å². The smallest absolute Gasteiger partial charge is 0.234 e. The van der Waals surface area contributed by atoms with Gasteiger partial charge in [0.05, 0.1) is 26.2 Å². The van der Waals surface area contributed by atoms with Crippen LogP contribution in [0.1, 0.15) is 6.42 Å². The Morgan fingerprint density at radius 2 is 1.29 bits per heavy atom. The standard InChI is InChI=1S/C15H22N4O2/c1-3-6-16-14(20)12-18-8-5-9-19(11-10-18)13-15(21)17-7-4-2/h1-2H,5-13H2,(H,16,20)(H,17,21). The van der Waals surface area contributed by atoms with Gasteiger partial charge in [-0.05, 0) is 19.5 Å². The number of hydrogen-bond donors (Lipinski definition) is 2. The molecule has 0 atom stereocenters. The first-order valence-electron chi connectivity index (χ1n) is 7.00. The summed E-state index contributed by atoms with van der Waals surface area (Å²) in [5.41, 5.74) is 0. The van der Waals surface area contributed by atoms with Crippen molar-refractivity contribution >= 4 is 11.8 Å². The third kappa shape index (κ3) is 7.36. The van der Waals surface area contributed by atoms with Crippen molar-refractivity contribution in [3.8, 4) is 24.7 Å². The Bertz CT molecular complexity index is 396. The van der Waals surface area contributed by atoms with Crippen molar-refractivity contribution in [1.82, 2.24) is 20.4 Å². The zero-order valence-electron chi connectivity index (χ0n) is 12.2. The molecule has 0 saturated carbocycles. The largest absolute Gasteiger partial charge is 0.344 e. The van der Waals surface area contributed by atoms with Crippen LogP contribution in [0.3, 0.4) is 0 Å². The predicted molar refractivity (Wildman–Crippen MR) is 81.2 cm³/mol. The molecule has 0 bridgehead atoms. The fourth-order valence-corrected chi connectivity index (χ4v) is 2.16. The Morgan fingerprint density at radius 3 is 1.67 bits per heavy atom. The fraction of sp³-hybridized carbons (Fsp3) is 0.600. The van der Waals surface area contributed by atoms with Crippen LogP contribution in [0.4, 0.5) is 0 Å². The minimum Gasteiger partial charge on any atom is -0.344 e. The van der Waals surface area contributed by atoms with Crippen molar-refractivity contribution in [3.05, 3.63) is 0 Å². The van der Waals surface area contributed by atoms with Crippen LogP contribution in [0.5, 0.6) is 0 Å². The lowest BCUT2D eigenvalue weighted by Gasteiger charge is -2.20. The van der Waals surface area contributed by atoms with Crippen LogP contribution in [-0.4, -0.2) is 74.0 Å². The van der Waals surface area contributed by atoms with Gasteiger partial charge in [0.1, 0.15) is 0 Å². The highest BCUT2D eigenvalue weighted by molar-refractivity contribution is 5.78. The molecule has 0 aromatic heterocycles. The Kier molecular flexibility index (Phi) is 7.96. The molecule has 0 aromatic carbocycles. The molecular weight excluding hydrogens is 268 g/mol. The lowest BCUT2D eigenvalue weighted by molar-refractivity contribution is -0.123. The molecule has 0 aromatic rings. The molecule has 6 nitrogen and oxygen atoms in total. The van der Waals surface area contributed by atoms with Crippen LogP contribution < -0.4 is 10.6 Å². The average molecular weight is 290 g/mol. The number of terminal acetylenes is 2. The molecule has 114 valence electrons. The van der Waals surface area contributed by atoms with E-state index in [4.69, 9.17) is 12.8 Å². The number of hydrogen-bond acceptors (Lipinski definition) is 4. The Hall–Kier alpha value is -2.02. The number of amides is 2. The van der Waals surface area contributed by atoms with Gasteiger partial charge in [-0.1, -0.05) is 11.8 Å². The molecule has 0 spiro atoms. The number of carbonyl (C=O) groups is 2. The summed E-state index contributed by atoms with van der Waals surface area (Å²) in [6.07, 6.45) is 11.1. The molecule has 1 aliphatic rings. The zero-order chi connectivity index (χ0) is 15.5. The van der Waals surface area contributed by atoms with Crippen molar-refractivity contribution < 1.29 is 9.59 Å². The van der Waals surface area contributed by atoms with E-state index < -0.39 is 0 Å². The maximum absolute atomic E-state index is 11.6. The highest BCUT2D eigenvalue weighted by Crippen LogP contribution is 2.02. The summed E-state index contributed by atoms with van der Waals surface area (Å²) >= 11 is 0. The molecule has 21 heavy (non-hydrogen) atoms. The van der Waals surface area contributed by atoms with Gasteiger partial charge in [-0.2, -0.15) is 0 Å². The summed E-state index contributed by atoms with van der Waals surface area (Å²) in [5.74, 6) is 4.63. The van der Waals surface area contributed by atoms with E-state index in [-0.39, 0.29) is 24.9 Å². The summed E-state index contributed by atoms with van der Waals surface area (Å²) in [4.78, 5) is 27.4. The van der Waals surface area contributed by atoms with Gasteiger partial charge in [-0.25, -0.2) is 0 Å². The van der Waals surface area contributed by atoms with Crippen molar-refractivity contribution in [3.63, 3.8) is 0 Å². The summed E-state index contributed by atoms with van der Waals surface area (Å²) in [7, 11) is 0. The Labute approximate surface area is 126 Å². The third-order valence-corrected chi connectivity index (χ3v) is 3.19. The van der Waals surface area contributed by atoms with Crippen molar-refractivity contribution in [1.29, 1.82) is 0 Å². The summed E-state index contributed by atoms with van der Waals surface area (Å²) < 4.78 is 0. The summed E-state index contributed by atoms with van der Waals surface area (Å²) in [6.45, 7) is 4.40. The second-order valence-corrected chi connectivity index (χ2v) is 4.87. The molecule has 1 rings (SSSR count). The monoisotopic (exact) mass is 290 g/mol. The topological polar surface area (TPSA) is 64.7 Å². The Balaban J connectivity index is 2.30. The highest BCUT2D eigenvalue weighted by atomic mass is 16.2. The lowest BCUT2D eigenvalue weighted by atomic mass is 10.3. The van der Waals surface area contributed by atoms with Crippen LogP contribution >= 0.6 is 0 Å². The van der Waals surface area contributed by atoms with Crippen LogP contribution in [0.25, 0.3) is 0 Å². The molecule has 2 amide bonds. The molecule has 6 heteroatoms. The first-order chi connectivity index (χ1) is 10.2. The van der Waals surface area contributed by atoms with E-state index in [1.807, 2.05) is 0 Å². The normalized spacial score (nSPS) is 16.3. The van der Waals surface area contributed by atoms with E-state index in [0.29, 0.717) is 13.1 Å². The van der Waals surface area contributed by atoms with E-state index in [1.165, 1.54) is 0 Å². The number of nitrogens with one attached hydrogen (secondary N) is 2. The number of carbonyl (C=O) groups excluding carboxylic acids is 2. The van der Waals surface area contributed by atoms with E-state index in [2.05, 4.69) is 32.3 Å². The maximum Gasteiger partial charge on any atom is 0.234 e. The molecular formula is C15H22N4O2. The molecule has 1 saturated heterocycles. The van der Waals surface area contributed by atoms with Gasteiger partial charge in [0.2, 0.25) is 11.8 Å². The van der Waals surface area contributed by atoms with Crippen LogP contribution in [0.2, 0.25) is 0 Å². The van der Waals surface area contributed by atoms with E-state index in [9.17, 15) is 9.59 Å². The molecule has 0 aliphatic carbocycles. The SMILES string of the molecule is C#CCNC(=O)CN1CCCN(CC(=O)NCC#C)CC1. The maximum atomic E-state index is 11.6. The molecule has 2 N–H and O–H groups in total. The number of nitrogens with zero attached hydrogens (tertiary/aromatic N) is 2. The van der Waals surface area contributed by atoms with Crippen molar-refractivity contribution in [2.75, 3.05) is 52.4 Å². The van der Waals surface area contributed by atoms with Crippen LogP contribution in [0, 0.1) is 24.7 Å². The minimum atomic E-state index is -0.0619. The van der Waals surface area contributed by atoms with Crippen LogP contribution in [0.15, 0.2) is 0 Å². The molecule has 1 aliphatic heterocycles. The molecule has 1 fully saturated rings. The van der Waals surface area contributed by atoms with Gasteiger partial charge < -0.3 is 10.6 Å². The van der Waals surface area contributed by atoms with E-state index >= 15 is 0 Å². The van der Waals surface area contributed by atoms with Gasteiger partial charge in [-0.3, -0.25) is 19.4 Å². The molecule has 1 heterocycles. The average Bonchev–Trinajstić information content (AvgIpc) is 2.68. The molecule has 0 unspecified atom stereocenters. The first kappa shape index (κ1) is 17.0. The predicted octanol–water partition coefficient (Wildman–Crippen LogP) is -1.51. The van der Waals surface area contributed by atoms with Crippen molar-refractivity contribution in [2.45, 2.75) is 6.42 Å². The fourth-order valence-electron chi connectivity index (χ4n) is 2.16. The highest BCUT2D eigenvalue weighted by Gasteiger charge is 2.18. The summed E-state index contributed by atoms with van der Waals surface area (Å²) in [6, 6.07) is 0. The van der Waals surface area contributed by atoms with Gasteiger partial charge in [0, 0.05) is 13.1 Å². The van der Waals surface area contributed by atoms with Crippen molar-refractivity contribution in [2.24, 2.45) is 0 Å². The third-order valence-electron chi connectivity index (χ3n) is 3.19. The zero-order valence-corrected chi connectivity index (χ0v) is 12.2. The molecule has 0 radical (unpaired) electrons. The quantitative estimate of drug-likeness (QED) is 0.584. The lowest BCUT2D eigenvalue weighted by Crippen LogP contribution is -2.41. The second-order valence-electron chi connectivity index (χ2n) is 4.87. The second kappa shape index (κ2) is 9.82. The summed E-state index contributed by atoms with van der Waals surface area (Å²) in [5, 5.41) is 5.31. The van der Waals surface area contributed by atoms with Gasteiger partial charge >= 0.3 is 0 Å². The van der Waals surface area contributed by atoms with Crippen LogP contribution in [-0.2, 0) is 9.59 Å². The minimum absolute atomic E-state index is 0.0619. The van der Waals surface area contributed by atoms with Gasteiger partial charge in [0.25, 0.3) is 0 Å². The Morgan fingerprint density at radius 1 is 0.857 bits per heavy atom. The van der Waals surface area contributed by atoms with E-state index in [1.54, 1.807) is 0 Å². The van der Waals surface area contributed by atoms with Gasteiger partial charge in [-0.15, -0.1) is 12.8 Å².